The van der Waals surface area contributed by atoms with Crippen molar-refractivity contribution < 1.29 is 4.79 Å². The standard InChI is InChI=1S/C18H20ClNOS2/c1-13(15-5-7-16(19)8-6-15)20-18(21)12-23-11-14-3-9-17(22-2)10-4-14/h3-10,13H,11-12H2,1-2H3,(H,20,21)/t13-/m0/s1. The van der Waals surface area contributed by atoms with Gasteiger partial charge < -0.3 is 5.32 Å². The molecule has 5 heteroatoms. The van der Waals surface area contributed by atoms with Crippen LogP contribution in [0.3, 0.4) is 0 Å². The van der Waals surface area contributed by atoms with Crippen LogP contribution in [0.1, 0.15) is 24.1 Å². The van der Waals surface area contributed by atoms with Gasteiger partial charge in [-0.3, -0.25) is 4.79 Å². The predicted molar refractivity (Wildman–Crippen MR) is 102 cm³/mol. The SMILES string of the molecule is CSc1ccc(CSCC(=O)N[C@@H](C)c2ccc(Cl)cc2)cc1. The van der Waals surface area contributed by atoms with Gasteiger partial charge in [0.15, 0.2) is 0 Å². The Kier molecular flexibility index (Phi) is 7.34. The van der Waals surface area contributed by atoms with Gasteiger partial charge in [0.1, 0.15) is 0 Å². The van der Waals surface area contributed by atoms with Crippen molar-refractivity contribution in [2.75, 3.05) is 12.0 Å². The molecule has 0 aliphatic rings. The molecule has 0 saturated carbocycles. The minimum atomic E-state index is -0.0128. The maximum Gasteiger partial charge on any atom is 0.230 e. The average Bonchev–Trinajstić information content (AvgIpc) is 2.56. The Morgan fingerprint density at radius 3 is 2.39 bits per heavy atom. The molecule has 23 heavy (non-hydrogen) atoms. The summed E-state index contributed by atoms with van der Waals surface area (Å²) >= 11 is 9.24. The van der Waals surface area contributed by atoms with E-state index in [1.54, 1.807) is 23.5 Å². The highest BCUT2D eigenvalue weighted by atomic mass is 35.5. The van der Waals surface area contributed by atoms with Crippen LogP contribution in [0.4, 0.5) is 0 Å². The third-order valence-electron chi connectivity index (χ3n) is 3.41. The van der Waals surface area contributed by atoms with Crippen LogP contribution in [0.15, 0.2) is 53.4 Å². The monoisotopic (exact) mass is 365 g/mol. The number of thioether (sulfide) groups is 2. The zero-order chi connectivity index (χ0) is 16.7. The van der Waals surface area contributed by atoms with Crippen molar-refractivity contribution >= 4 is 41.0 Å². The van der Waals surface area contributed by atoms with Gasteiger partial charge in [-0.25, -0.2) is 0 Å². The fourth-order valence-electron chi connectivity index (χ4n) is 2.10. The van der Waals surface area contributed by atoms with Crippen LogP contribution in [0.2, 0.25) is 5.02 Å². The maximum absolute atomic E-state index is 12.0. The molecule has 1 atom stereocenters. The fourth-order valence-corrected chi connectivity index (χ4v) is 3.43. The number of halogens is 1. The molecule has 0 spiro atoms. The van der Waals surface area contributed by atoms with Crippen LogP contribution < -0.4 is 5.32 Å². The summed E-state index contributed by atoms with van der Waals surface area (Å²) in [4.78, 5) is 13.3. The zero-order valence-electron chi connectivity index (χ0n) is 13.2. The van der Waals surface area contributed by atoms with E-state index in [0.29, 0.717) is 10.8 Å². The third-order valence-corrected chi connectivity index (χ3v) is 5.41. The van der Waals surface area contributed by atoms with Gasteiger partial charge >= 0.3 is 0 Å². The van der Waals surface area contributed by atoms with Crippen LogP contribution >= 0.6 is 35.1 Å². The van der Waals surface area contributed by atoms with Gasteiger partial charge in [0.05, 0.1) is 11.8 Å². The molecule has 0 bridgehead atoms. The van der Waals surface area contributed by atoms with Gasteiger partial charge in [-0.1, -0.05) is 35.9 Å². The fraction of sp³-hybridized carbons (Fsp3) is 0.278. The first kappa shape index (κ1) is 18.2. The summed E-state index contributed by atoms with van der Waals surface area (Å²) in [6.07, 6.45) is 2.07. The van der Waals surface area contributed by atoms with Crippen molar-refractivity contribution in [1.29, 1.82) is 0 Å². The molecule has 0 radical (unpaired) electrons. The first-order chi connectivity index (χ1) is 11.1. The Hall–Kier alpha value is -1.10. The lowest BCUT2D eigenvalue weighted by Gasteiger charge is -2.14. The summed E-state index contributed by atoms with van der Waals surface area (Å²) in [5.41, 5.74) is 2.30. The number of benzene rings is 2. The molecule has 0 heterocycles. The van der Waals surface area contributed by atoms with Gasteiger partial charge in [-0.15, -0.1) is 23.5 Å². The summed E-state index contributed by atoms with van der Waals surface area (Å²) < 4.78 is 0. The van der Waals surface area contributed by atoms with Crippen molar-refractivity contribution in [3.8, 4) is 0 Å². The normalized spacial score (nSPS) is 12.0. The van der Waals surface area contributed by atoms with E-state index < -0.39 is 0 Å². The number of hydrogen-bond donors (Lipinski definition) is 1. The van der Waals surface area contributed by atoms with E-state index in [2.05, 4.69) is 35.8 Å². The maximum atomic E-state index is 12.0. The number of nitrogens with one attached hydrogen (secondary N) is 1. The van der Waals surface area contributed by atoms with Gasteiger partial charge in [-0.2, -0.15) is 0 Å². The van der Waals surface area contributed by atoms with Crippen molar-refractivity contribution in [3.63, 3.8) is 0 Å². The second kappa shape index (κ2) is 9.26. The highest BCUT2D eigenvalue weighted by Gasteiger charge is 2.09. The zero-order valence-corrected chi connectivity index (χ0v) is 15.6. The molecule has 0 fully saturated rings. The summed E-state index contributed by atoms with van der Waals surface area (Å²) in [6.45, 7) is 1.98. The second-order valence-corrected chi connectivity index (χ2v) is 7.48. The number of carbonyl (C=O) groups is 1. The van der Waals surface area contributed by atoms with E-state index in [4.69, 9.17) is 11.6 Å². The highest BCUT2D eigenvalue weighted by Crippen LogP contribution is 2.19. The van der Waals surface area contributed by atoms with Crippen molar-refractivity contribution in [2.24, 2.45) is 0 Å². The molecule has 0 unspecified atom stereocenters. The van der Waals surface area contributed by atoms with Gasteiger partial charge in [0.2, 0.25) is 5.91 Å². The smallest absolute Gasteiger partial charge is 0.230 e. The van der Waals surface area contributed by atoms with E-state index in [1.807, 2.05) is 31.2 Å². The minimum Gasteiger partial charge on any atom is -0.349 e. The molecule has 122 valence electrons. The third kappa shape index (κ3) is 6.13. The molecule has 1 amide bonds. The molecular weight excluding hydrogens is 346 g/mol. The second-order valence-electron chi connectivity index (χ2n) is 5.18. The quantitative estimate of drug-likeness (QED) is 0.686. The lowest BCUT2D eigenvalue weighted by atomic mass is 10.1. The number of carbonyl (C=O) groups excluding carboxylic acids is 1. The predicted octanol–water partition coefficient (Wildman–Crippen LogP) is 5.17. The summed E-state index contributed by atoms with van der Waals surface area (Å²) in [7, 11) is 0. The molecule has 2 nitrogen and oxygen atoms in total. The van der Waals surface area contributed by atoms with Crippen molar-refractivity contribution in [3.05, 3.63) is 64.7 Å². The Morgan fingerprint density at radius 2 is 1.78 bits per heavy atom. The van der Waals surface area contributed by atoms with Crippen LogP contribution in [-0.4, -0.2) is 17.9 Å². The lowest BCUT2D eigenvalue weighted by molar-refractivity contribution is -0.119. The molecule has 1 N–H and O–H groups in total. The first-order valence-corrected chi connectivity index (χ1v) is 10.1. The molecule has 0 aliphatic heterocycles. The Morgan fingerprint density at radius 1 is 1.13 bits per heavy atom. The topological polar surface area (TPSA) is 29.1 Å². The average molecular weight is 366 g/mol. The van der Waals surface area contributed by atoms with Crippen LogP contribution in [-0.2, 0) is 10.5 Å². The lowest BCUT2D eigenvalue weighted by Crippen LogP contribution is -2.28. The molecule has 0 saturated heterocycles. The summed E-state index contributed by atoms with van der Waals surface area (Å²) in [5.74, 6) is 1.36. The van der Waals surface area contributed by atoms with Crippen LogP contribution in [0.25, 0.3) is 0 Å². The first-order valence-electron chi connectivity index (χ1n) is 7.34. The Bertz CT molecular complexity index is 628. The van der Waals surface area contributed by atoms with Crippen molar-refractivity contribution in [1.82, 2.24) is 5.32 Å². The van der Waals surface area contributed by atoms with Crippen molar-refractivity contribution in [2.45, 2.75) is 23.6 Å². The molecular formula is C18H20ClNOS2. The largest absolute Gasteiger partial charge is 0.349 e. The van der Waals surface area contributed by atoms with Gasteiger partial charge in [0.25, 0.3) is 0 Å². The van der Waals surface area contributed by atoms with E-state index in [1.165, 1.54) is 10.5 Å². The van der Waals surface area contributed by atoms with E-state index in [0.717, 1.165) is 11.3 Å². The molecule has 2 rings (SSSR count). The van der Waals surface area contributed by atoms with E-state index in [-0.39, 0.29) is 11.9 Å². The van der Waals surface area contributed by atoms with E-state index >= 15 is 0 Å². The number of rotatable bonds is 7. The molecule has 2 aromatic carbocycles. The summed E-state index contributed by atoms with van der Waals surface area (Å²) in [6, 6.07) is 16.0. The Labute approximate surface area is 151 Å². The molecule has 2 aromatic rings. The number of amides is 1. The van der Waals surface area contributed by atoms with Gasteiger partial charge in [-0.05, 0) is 48.6 Å². The van der Waals surface area contributed by atoms with Crippen LogP contribution in [0, 0.1) is 0 Å². The van der Waals surface area contributed by atoms with Crippen LogP contribution in [0.5, 0.6) is 0 Å². The summed E-state index contributed by atoms with van der Waals surface area (Å²) in [5, 5.41) is 3.72. The van der Waals surface area contributed by atoms with E-state index in [9.17, 15) is 4.79 Å². The highest BCUT2D eigenvalue weighted by molar-refractivity contribution is 7.99. The van der Waals surface area contributed by atoms with Gasteiger partial charge in [0, 0.05) is 15.7 Å². The Balaban J connectivity index is 1.74. The molecule has 0 aromatic heterocycles. The molecule has 0 aliphatic carbocycles. The minimum absolute atomic E-state index is 0.0128. The number of hydrogen-bond acceptors (Lipinski definition) is 3.